The van der Waals surface area contributed by atoms with Crippen LogP contribution < -0.4 is 20.1 Å². The third-order valence-electron chi connectivity index (χ3n) is 6.06. The predicted molar refractivity (Wildman–Crippen MR) is 122 cm³/mol. The molecule has 8 heteroatoms. The lowest BCUT2D eigenvalue weighted by molar-refractivity contribution is -0.134. The summed E-state index contributed by atoms with van der Waals surface area (Å²) in [7, 11) is 0. The number of rotatable bonds is 7. The number of hydrogen-bond acceptors (Lipinski definition) is 5. The Morgan fingerprint density at radius 1 is 1.27 bits per heavy atom. The Morgan fingerprint density at radius 3 is 2.70 bits per heavy atom. The minimum Gasteiger partial charge on any atom is -0.494 e. The number of fused-ring (bicyclic) bond motifs is 1. The number of nitrogens with one attached hydrogen (secondary N) is 2. The number of hydrogen-bond donors (Lipinski definition) is 2. The summed E-state index contributed by atoms with van der Waals surface area (Å²) in [4.78, 5) is 39.2. The molecule has 2 aromatic carbocycles. The number of amides is 4. The molecule has 0 radical (unpaired) electrons. The molecule has 0 aliphatic carbocycles. The first-order chi connectivity index (χ1) is 15.7. The topological polar surface area (TPSA) is 97.0 Å². The van der Waals surface area contributed by atoms with E-state index in [1.165, 1.54) is 0 Å². The lowest BCUT2D eigenvalue weighted by atomic mass is 9.91. The molecular formula is C25H29N3O5. The zero-order chi connectivity index (χ0) is 23.8. The zero-order valence-corrected chi connectivity index (χ0v) is 19.4. The van der Waals surface area contributed by atoms with Crippen molar-refractivity contribution in [3.63, 3.8) is 0 Å². The van der Waals surface area contributed by atoms with Crippen LogP contribution in [-0.2, 0) is 28.1 Å². The Hall–Kier alpha value is -3.55. The summed E-state index contributed by atoms with van der Waals surface area (Å²) in [5, 5.41) is 5.52. The second kappa shape index (κ2) is 8.77. The minimum absolute atomic E-state index is 0.0989. The van der Waals surface area contributed by atoms with E-state index in [1.54, 1.807) is 6.92 Å². The van der Waals surface area contributed by atoms with Crippen molar-refractivity contribution in [2.24, 2.45) is 0 Å². The zero-order valence-electron chi connectivity index (χ0n) is 19.4. The van der Waals surface area contributed by atoms with Gasteiger partial charge in [0.05, 0.1) is 6.61 Å². The van der Waals surface area contributed by atoms with Gasteiger partial charge in [-0.25, -0.2) is 4.79 Å². The van der Waals surface area contributed by atoms with Gasteiger partial charge in [0.1, 0.15) is 29.7 Å². The Balaban J connectivity index is 1.43. The maximum Gasteiger partial charge on any atom is 0.325 e. The molecule has 174 valence electrons. The Labute approximate surface area is 193 Å². The van der Waals surface area contributed by atoms with Gasteiger partial charge < -0.3 is 20.1 Å². The number of aryl methyl sites for hydroxylation is 1. The fourth-order valence-electron chi connectivity index (χ4n) is 4.23. The van der Waals surface area contributed by atoms with Crippen molar-refractivity contribution in [3.8, 4) is 11.5 Å². The van der Waals surface area contributed by atoms with E-state index in [4.69, 9.17) is 9.47 Å². The molecule has 0 saturated carbocycles. The van der Waals surface area contributed by atoms with Gasteiger partial charge in [-0.2, -0.15) is 0 Å². The summed E-state index contributed by atoms with van der Waals surface area (Å²) in [6, 6.07) is 10.6. The van der Waals surface area contributed by atoms with Gasteiger partial charge in [-0.3, -0.25) is 14.5 Å². The standard InChI is InChI=1S/C25H29N3O5/c1-5-32-20-11-17-10-16(3)33-21(17)12-18(20)13-26-22(29)14-28-23(30)25(4,27-24(28)31)19-8-6-15(2)7-9-19/h6-9,11-12,16H,5,10,13-14H2,1-4H3,(H,26,29)(H,27,31)/t16-,25+/m0/s1. The first-order valence-corrected chi connectivity index (χ1v) is 11.1. The van der Waals surface area contributed by atoms with Crippen LogP contribution in [0.25, 0.3) is 0 Å². The minimum atomic E-state index is -1.21. The average molecular weight is 452 g/mol. The lowest BCUT2D eigenvalue weighted by Crippen LogP contribution is -2.43. The third-order valence-corrected chi connectivity index (χ3v) is 6.06. The van der Waals surface area contributed by atoms with Gasteiger partial charge >= 0.3 is 6.03 Å². The maximum atomic E-state index is 13.1. The van der Waals surface area contributed by atoms with Crippen molar-refractivity contribution in [3.05, 3.63) is 58.7 Å². The van der Waals surface area contributed by atoms with Gasteiger partial charge in [-0.05, 0) is 45.4 Å². The van der Waals surface area contributed by atoms with Crippen LogP contribution >= 0.6 is 0 Å². The highest BCUT2D eigenvalue weighted by Crippen LogP contribution is 2.35. The molecule has 1 fully saturated rings. The molecule has 0 unspecified atom stereocenters. The van der Waals surface area contributed by atoms with Gasteiger partial charge in [0.15, 0.2) is 0 Å². The summed E-state index contributed by atoms with van der Waals surface area (Å²) in [6.07, 6.45) is 0.912. The van der Waals surface area contributed by atoms with E-state index in [9.17, 15) is 14.4 Å². The molecule has 8 nitrogen and oxygen atoms in total. The first-order valence-electron chi connectivity index (χ1n) is 11.1. The average Bonchev–Trinajstić information content (AvgIpc) is 3.23. The molecule has 2 atom stereocenters. The quantitative estimate of drug-likeness (QED) is 0.631. The van der Waals surface area contributed by atoms with Gasteiger partial charge in [0.25, 0.3) is 5.91 Å². The van der Waals surface area contributed by atoms with E-state index >= 15 is 0 Å². The third kappa shape index (κ3) is 4.37. The number of imide groups is 1. The highest BCUT2D eigenvalue weighted by molar-refractivity contribution is 6.09. The van der Waals surface area contributed by atoms with Crippen LogP contribution in [0.5, 0.6) is 11.5 Å². The molecule has 4 rings (SSSR count). The number of carbonyl (C=O) groups excluding carboxylic acids is 3. The molecule has 2 aliphatic rings. The summed E-state index contributed by atoms with van der Waals surface area (Å²) in [6.45, 7) is 7.82. The van der Waals surface area contributed by atoms with Crippen LogP contribution in [0.15, 0.2) is 36.4 Å². The molecule has 2 N–H and O–H groups in total. The van der Waals surface area contributed by atoms with E-state index in [0.29, 0.717) is 17.9 Å². The second-order valence-electron chi connectivity index (χ2n) is 8.72. The van der Waals surface area contributed by atoms with Crippen LogP contribution in [-0.4, -0.2) is 42.0 Å². The Morgan fingerprint density at radius 2 is 2.00 bits per heavy atom. The van der Waals surface area contributed by atoms with Crippen LogP contribution in [0, 0.1) is 6.92 Å². The lowest BCUT2D eigenvalue weighted by Gasteiger charge is -2.22. The number of benzene rings is 2. The van der Waals surface area contributed by atoms with Gasteiger partial charge in [-0.1, -0.05) is 29.8 Å². The summed E-state index contributed by atoms with van der Waals surface area (Å²) < 4.78 is 11.6. The molecule has 0 aromatic heterocycles. The molecular weight excluding hydrogens is 422 g/mol. The molecule has 2 aliphatic heterocycles. The van der Waals surface area contributed by atoms with Crippen molar-refractivity contribution in [2.45, 2.75) is 52.3 Å². The van der Waals surface area contributed by atoms with Crippen molar-refractivity contribution < 1.29 is 23.9 Å². The normalized spacial score (nSPS) is 21.5. The highest BCUT2D eigenvalue weighted by atomic mass is 16.5. The van der Waals surface area contributed by atoms with Gasteiger partial charge in [-0.15, -0.1) is 0 Å². The number of urea groups is 1. The van der Waals surface area contributed by atoms with Crippen molar-refractivity contribution in [2.75, 3.05) is 13.2 Å². The largest absolute Gasteiger partial charge is 0.494 e. The highest BCUT2D eigenvalue weighted by Gasteiger charge is 2.49. The fourth-order valence-corrected chi connectivity index (χ4v) is 4.23. The first kappa shape index (κ1) is 22.6. The summed E-state index contributed by atoms with van der Waals surface area (Å²) in [5.41, 5.74) is 2.37. The summed E-state index contributed by atoms with van der Waals surface area (Å²) >= 11 is 0. The smallest absolute Gasteiger partial charge is 0.325 e. The maximum absolute atomic E-state index is 13.1. The second-order valence-corrected chi connectivity index (χ2v) is 8.72. The number of nitrogens with zero attached hydrogens (tertiary/aromatic N) is 1. The fraction of sp³-hybridized carbons (Fsp3) is 0.400. The number of ether oxygens (including phenoxy) is 2. The van der Waals surface area contributed by atoms with Crippen LogP contribution in [0.2, 0.25) is 0 Å². The Kier molecular flexibility index (Phi) is 6.01. The monoisotopic (exact) mass is 451 g/mol. The van der Waals surface area contributed by atoms with Gasteiger partial charge in [0.2, 0.25) is 5.91 Å². The molecule has 33 heavy (non-hydrogen) atoms. The van der Waals surface area contributed by atoms with Crippen molar-refractivity contribution >= 4 is 17.8 Å². The van der Waals surface area contributed by atoms with E-state index in [1.807, 2.05) is 57.2 Å². The molecule has 1 saturated heterocycles. The van der Waals surface area contributed by atoms with E-state index in [2.05, 4.69) is 10.6 Å². The molecule has 2 aromatic rings. The van der Waals surface area contributed by atoms with E-state index < -0.39 is 23.4 Å². The van der Waals surface area contributed by atoms with Crippen LogP contribution in [0.3, 0.4) is 0 Å². The molecule has 0 bridgehead atoms. The Bertz CT molecular complexity index is 1100. The van der Waals surface area contributed by atoms with Crippen molar-refractivity contribution in [1.29, 1.82) is 0 Å². The molecule has 2 heterocycles. The van der Waals surface area contributed by atoms with Crippen molar-refractivity contribution in [1.82, 2.24) is 15.5 Å². The predicted octanol–water partition coefficient (Wildman–Crippen LogP) is 2.80. The SMILES string of the molecule is CCOc1cc2c(cc1CNC(=O)CN1C(=O)N[C@](C)(c3ccc(C)cc3)C1=O)O[C@@H](C)C2. The van der Waals surface area contributed by atoms with Crippen LogP contribution in [0.1, 0.15) is 43.0 Å². The van der Waals surface area contributed by atoms with Gasteiger partial charge in [0, 0.05) is 24.1 Å². The van der Waals surface area contributed by atoms with E-state index in [0.717, 1.165) is 33.8 Å². The number of carbonyl (C=O) groups is 3. The van der Waals surface area contributed by atoms with E-state index in [-0.39, 0.29) is 19.2 Å². The summed E-state index contributed by atoms with van der Waals surface area (Å²) in [5.74, 6) is 0.583. The van der Waals surface area contributed by atoms with Crippen LogP contribution in [0.4, 0.5) is 4.79 Å². The molecule has 4 amide bonds. The molecule has 0 spiro atoms.